The topological polar surface area (TPSA) is 44.5 Å². The van der Waals surface area contributed by atoms with Gasteiger partial charge in [0.2, 0.25) is 0 Å². The van der Waals surface area contributed by atoms with Crippen LogP contribution in [0.15, 0.2) is 0 Å². The minimum absolute atomic E-state index is 0.0425. The third-order valence-electron chi connectivity index (χ3n) is 2.59. The van der Waals surface area contributed by atoms with Gasteiger partial charge in [0, 0.05) is 12.5 Å². The number of ether oxygens (including phenoxy) is 2. The van der Waals surface area contributed by atoms with Crippen LogP contribution >= 0.6 is 0 Å². The summed E-state index contributed by atoms with van der Waals surface area (Å²) in [7, 11) is 0. The molecule has 0 bridgehead atoms. The van der Waals surface area contributed by atoms with Gasteiger partial charge in [-0.25, -0.2) is 0 Å². The van der Waals surface area contributed by atoms with Gasteiger partial charge in [0.25, 0.3) is 0 Å². The van der Waals surface area contributed by atoms with E-state index in [-0.39, 0.29) is 12.3 Å². The molecule has 3 heteroatoms. The highest BCUT2D eigenvalue weighted by atomic mass is 16.7. The summed E-state index contributed by atoms with van der Waals surface area (Å²) in [5, 5.41) is 0. The number of rotatable bonds is 5. The molecule has 1 aliphatic rings. The standard InChI is InChI=1S/C10H21NO2/c1-3-8(2)6-9(11)7-10-12-4-5-13-10/h8-10H,3-7,11H2,1-2H3. The van der Waals surface area contributed by atoms with Crippen molar-refractivity contribution in [2.24, 2.45) is 11.7 Å². The molecule has 1 fully saturated rings. The summed E-state index contributed by atoms with van der Waals surface area (Å²) < 4.78 is 10.7. The fourth-order valence-corrected chi connectivity index (χ4v) is 1.57. The van der Waals surface area contributed by atoms with Gasteiger partial charge < -0.3 is 15.2 Å². The fourth-order valence-electron chi connectivity index (χ4n) is 1.57. The van der Waals surface area contributed by atoms with Crippen LogP contribution in [-0.4, -0.2) is 25.5 Å². The molecule has 0 aromatic heterocycles. The van der Waals surface area contributed by atoms with Crippen molar-refractivity contribution in [1.82, 2.24) is 0 Å². The Labute approximate surface area is 80.6 Å². The van der Waals surface area contributed by atoms with E-state index in [9.17, 15) is 0 Å². The first-order chi connectivity index (χ1) is 6.22. The van der Waals surface area contributed by atoms with E-state index in [0.29, 0.717) is 5.92 Å². The van der Waals surface area contributed by atoms with Crippen molar-refractivity contribution in [1.29, 1.82) is 0 Å². The smallest absolute Gasteiger partial charge is 0.159 e. The van der Waals surface area contributed by atoms with Gasteiger partial charge in [-0.2, -0.15) is 0 Å². The summed E-state index contributed by atoms with van der Waals surface area (Å²) in [6.07, 6.45) is 3.06. The molecule has 13 heavy (non-hydrogen) atoms. The molecule has 0 aromatic carbocycles. The number of nitrogens with two attached hydrogens (primary N) is 1. The van der Waals surface area contributed by atoms with Gasteiger partial charge in [-0.15, -0.1) is 0 Å². The Balaban J connectivity index is 2.12. The molecular weight excluding hydrogens is 166 g/mol. The second kappa shape index (κ2) is 5.58. The zero-order chi connectivity index (χ0) is 9.68. The molecule has 1 saturated heterocycles. The Morgan fingerprint density at radius 3 is 2.54 bits per heavy atom. The molecule has 2 atom stereocenters. The van der Waals surface area contributed by atoms with Crippen LogP contribution in [0.2, 0.25) is 0 Å². The summed E-state index contributed by atoms with van der Waals surface area (Å²) in [6.45, 7) is 5.87. The third kappa shape index (κ3) is 4.07. The van der Waals surface area contributed by atoms with Crippen molar-refractivity contribution in [3.05, 3.63) is 0 Å². The Hall–Kier alpha value is -0.120. The van der Waals surface area contributed by atoms with Gasteiger partial charge in [0.05, 0.1) is 13.2 Å². The van der Waals surface area contributed by atoms with Crippen LogP contribution in [0.5, 0.6) is 0 Å². The lowest BCUT2D eigenvalue weighted by atomic mass is 9.98. The number of hydrogen-bond donors (Lipinski definition) is 1. The van der Waals surface area contributed by atoms with E-state index in [0.717, 1.165) is 26.1 Å². The monoisotopic (exact) mass is 187 g/mol. The lowest BCUT2D eigenvalue weighted by molar-refractivity contribution is -0.0515. The fraction of sp³-hybridized carbons (Fsp3) is 1.00. The molecule has 0 aliphatic carbocycles. The van der Waals surface area contributed by atoms with Gasteiger partial charge in [0.1, 0.15) is 0 Å². The van der Waals surface area contributed by atoms with Gasteiger partial charge in [-0.1, -0.05) is 20.3 Å². The third-order valence-corrected chi connectivity index (χ3v) is 2.59. The molecule has 0 aromatic rings. The average Bonchev–Trinajstić information content (AvgIpc) is 2.56. The Bertz CT molecular complexity index is 135. The molecule has 1 rings (SSSR count). The summed E-state index contributed by atoms with van der Waals surface area (Å²) in [6, 6.07) is 0.220. The molecule has 1 aliphatic heterocycles. The lowest BCUT2D eigenvalue weighted by Crippen LogP contribution is -2.28. The van der Waals surface area contributed by atoms with E-state index in [1.54, 1.807) is 0 Å². The summed E-state index contributed by atoms with van der Waals surface area (Å²) >= 11 is 0. The number of hydrogen-bond acceptors (Lipinski definition) is 3. The predicted octanol–water partition coefficient (Wildman–Crippen LogP) is 1.51. The minimum atomic E-state index is -0.0425. The molecule has 0 amide bonds. The van der Waals surface area contributed by atoms with E-state index in [4.69, 9.17) is 15.2 Å². The highest BCUT2D eigenvalue weighted by Gasteiger charge is 2.19. The van der Waals surface area contributed by atoms with Gasteiger partial charge >= 0.3 is 0 Å². The van der Waals surface area contributed by atoms with Crippen molar-refractivity contribution in [2.45, 2.75) is 45.4 Å². The molecule has 2 N–H and O–H groups in total. The Morgan fingerprint density at radius 1 is 1.38 bits per heavy atom. The second-order valence-corrected chi connectivity index (χ2v) is 3.92. The maximum absolute atomic E-state index is 5.97. The van der Waals surface area contributed by atoms with Gasteiger partial charge in [0.15, 0.2) is 6.29 Å². The predicted molar refractivity (Wildman–Crippen MR) is 52.4 cm³/mol. The first-order valence-corrected chi connectivity index (χ1v) is 5.21. The molecule has 78 valence electrons. The van der Waals surface area contributed by atoms with E-state index in [2.05, 4.69) is 13.8 Å². The maximum atomic E-state index is 5.97. The quantitative estimate of drug-likeness (QED) is 0.709. The zero-order valence-electron chi connectivity index (χ0n) is 8.66. The average molecular weight is 187 g/mol. The van der Waals surface area contributed by atoms with E-state index in [1.165, 1.54) is 6.42 Å². The summed E-state index contributed by atoms with van der Waals surface area (Å²) in [5.74, 6) is 0.705. The minimum Gasteiger partial charge on any atom is -0.350 e. The largest absolute Gasteiger partial charge is 0.350 e. The molecule has 0 saturated carbocycles. The van der Waals surface area contributed by atoms with Crippen LogP contribution in [0.3, 0.4) is 0 Å². The van der Waals surface area contributed by atoms with Gasteiger partial charge in [-0.05, 0) is 12.3 Å². The van der Waals surface area contributed by atoms with Crippen LogP contribution in [0.4, 0.5) is 0 Å². The van der Waals surface area contributed by atoms with Crippen molar-refractivity contribution in [2.75, 3.05) is 13.2 Å². The molecule has 2 unspecified atom stereocenters. The molecule has 1 heterocycles. The molecule has 0 spiro atoms. The van der Waals surface area contributed by atoms with E-state index < -0.39 is 0 Å². The highest BCUT2D eigenvalue weighted by molar-refractivity contribution is 4.68. The molecule has 3 nitrogen and oxygen atoms in total. The van der Waals surface area contributed by atoms with Crippen molar-refractivity contribution >= 4 is 0 Å². The summed E-state index contributed by atoms with van der Waals surface area (Å²) in [5.41, 5.74) is 5.97. The Kier molecular flexibility index (Phi) is 4.70. The van der Waals surface area contributed by atoms with Crippen LogP contribution < -0.4 is 5.73 Å². The zero-order valence-corrected chi connectivity index (χ0v) is 8.66. The molecule has 0 radical (unpaired) electrons. The van der Waals surface area contributed by atoms with Crippen molar-refractivity contribution in [3.63, 3.8) is 0 Å². The van der Waals surface area contributed by atoms with Crippen LogP contribution in [0.1, 0.15) is 33.1 Å². The van der Waals surface area contributed by atoms with E-state index >= 15 is 0 Å². The first kappa shape index (κ1) is 11.0. The SMILES string of the molecule is CCC(C)CC(N)CC1OCCO1. The van der Waals surface area contributed by atoms with Crippen LogP contribution in [0.25, 0.3) is 0 Å². The van der Waals surface area contributed by atoms with Crippen molar-refractivity contribution in [3.8, 4) is 0 Å². The second-order valence-electron chi connectivity index (χ2n) is 3.92. The lowest BCUT2D eigenvalue weighted by Gasteiger charge is -2.18. The summed E-state index contributed by atoms with van der Waals surface area (Å²) in [4.78, 5) is 0. The van der Waals surface area contributed by atoms with Gasteiger partial charge in [-0.3, -0.25) is 0 Å². The maximum Gasteiger partial charge on any atom is 0.159 e. The van der Waals surface area contributed by atoms with Crippen LogP contribution in [-0.2, 0) is 9.47 Å². The van der Waals surface area contributed by atoms with Crippen LogP contribution in [0, 0.1) is 5.92 Å². The Morgan fingerprint density at radius 2 is 2.00 bits per heavy atom. The molecular formula is C10H21NO2. The highest BCUT2D eigenvalue weighted by Crippen LogP contribution is 2.15. The normalized spacial score (nSPS) is 23.3. The van der Waals surface area contributed by atoms with E-state index in [1.807, 2.05) is 0 Å². The first-order valence-electron chi connectivity index (χ1n) is 5.21. The van der Waals surface area contributed by atoms with Crippen molar-refractivity contribution < 1.29 is 9.47 Å².